The third kappa shape index (κ3) is 3.83. The summed E-state index contributed by atoms with van der Waals surface area (Å²) < 4.78 is 5.29. The Bertz CT molecular complexity index is 637. The lowest BCUT2D eigenvalue weighted by atomic mass is 9.81. The fourth-order valence-electron chi connectivity index (χ4n) is 3.38. The number of hydrogen-bond donors (Lipinski definition) is 2. The minimum atomic E-state index is -0.633. The quantitative estimate of drug-likeness (QED) is 0.824. The topological polar surface area (TPSA) is 67.4 Å². The van der Waals surface area contributed by atoms with Gasteiger partial charge in [-0.05, 0) is 43.9 Å². The van der Waals surface area contributed by atoms with E-state index in [0.717, 1.165) is 38.5 Å². The summed E-state index contributed by atoms with van der Waals surface area (Å²) in [6.07, 6.45) is 5.75. The summed E-state index contributed by atoms with van der Waals surface area (Å²) in [5, 5.41) is 6.45. The Morgan fingerprint density at radius 3 is 2.62 bits per heavy atom. The van der Waals surface area contributed by atoms with Crippen LogP contribution in [0.5, 0.6) is 5.75 Å². The van der Waals surface area contributed by atoms with Crippen molar-refractivity contribution in [3.05, 3.63) is 23.2 Å². The molecule has 2 aliphatic carbocycles. The molecule has 130 valence electrons. The van der Waals surface area contributed by atoms with E-state index in [-0.39, 0.29) is 18.2 Å². The van der Waals surface area contributed by atoms with Crippen LogP contribution in [0.3, 0.4) is 0 Å². The van der Waals surface area contributed by atoms with Gasteiger partial charge in [-0.15, -0.1) is 0 Å². The van der Waals surface area contributed by atoms with Gasteiger partial charge < -0.3 is 15.4 Å². The summed E-state index contributed by atoms with van der Waals surface area (Å²) >= 11 is 6.03. The zero-order chi connectivity index (χ0) is 17.2. The highest BCUT2D eigenvalue weighted by Crippen LogP contribution is 2.43. The van der Waals surface area contributed by atoms with E-state index in [0.29, 0.717) is 22.5 Å². The van der Waals surface area contributed by atoms with Crippen LogP contribution >= 0.6 is 11.6 Å². The third-order valence-corrected chi connectivity index (χ3v) is 5.13. The van der Waals surface area contributed by atoms with E-state index >= 15 is 0 Å². The van der Waals surface area contributed by atoms with Crippen molar-refractivity contribution in [3.8, 4) is 5.75 Å². The van der Waals surface area contributed by atoms with E-state index in [2.05, 4.69) is 10.6 Å². The standard InChI is InChI=1S/C18H23ClN2O3/c1-24-15-7-4-12(19)10-14(15)21-17(23)18(8-2-3-9-18)11-16(22)20-13-5-6-13/h4,7,10,13H,2-3,5-6,8-9,11H2,1H3,(H,20,22)(H,21,23). The Kier molecular flexibility index (Phi) is 4.99. The lowest BCUT2D eigenvalue weighted by Crippen LogP contribution is -2.39. The minimum Gasteiger partial charge on any atom is -0.495 e. The number of halogens is 1. The molecule has 0 atom stereocenters. The first kappa shape index (κ1) is 17.1. The van der Waals surface area contributed by atoms with Crippen molar-refractivity contribution in [2.75, 3.05) is 12.4 Å². The summed E-state index contributed by atoms with van der Waals surface area (Å²) in [5.74, 6) is 0.419. The van der Waals surface area contributed by atoms with Crippen molar-refractivity contribution in [2.45, 2.75) is 51.0 Å². The van der Waals surface area contributed by atoms with Crippen molar-refractivity contribution >= 4 is 29.1 Å². The Balaban J connectivity index is 1.74. The molecular weight excluding hydrogens is 328 g/mol. The average Bonchev–Trinajstić information content (AvgIpc) is 3.22. The molecule has 2 N–H and O–H groups in total. The monoisotopic (exact) mass is 350 g/mol. The van der Waals surface area contributed by atoms with Gasteiger partial charge >= 0.3 is 0 Å². The third-order valence-electron chi connectivity index (χ3n) is 4.89. The molecule has 0 heterocycles. The van der Waals surface area contributed by atoms with Crippen LogP contribution in [0.25, 0.3) is 0 Å². The van der Waals surface area contributed by atoms with Crippen LogP contribution < -0.4 is 15.4 Å². The predicted octanol–water partition coefficient (Wildman–Crippen LogP) is 3.52. The molecule has 2 fully saturated rings. The van der Waals surface area contributed by atoms with Gasteiger partial charge in [0, 0.05) is 17.5 Å². The first-order chi connectivity index (χ1) is 11.5. The second kappa shape index (κ2) is 7.01. The van der Waals surface area contributed by atoms with Gasteiger partial charge in [0.05, 0.1) is 18.2 Å². The number of anilines is 1. The maximum absolute atomic E-state index is 13.0. The van der Waals surface area contributed by atoms with Crippen LogP contribution in [0.2, 0.25) is 5.02 Å². The molecule has 2 amide bonds. The Labute approximate surface area is 147 Å². The number of nitrogens with one attached hydrogen (secondary N) is 2. The number of carbonyl (C=O) groups excluding carboxylic acids is 2. The van der Waals surface area contributed by atoms with Crippen molar-refractivity contribution in [2.24, 2.45) is 5.41 Å². The molecule has 1 aromatic rings. The van der Waals surface area contributed by atoms with E-state index in [4.69, 9.17) is 16.3 Å². The van der Waals surface area contributed by atoms with Crippen molar-refractivity contribution < 1.29 is 14.3 Å². The molecule has 1 aromatic carbocycles. The Morgan fingerprint density at radius 1 is 1.29 bits per heavy atom. The molecular formula is C18H23ClN2O3. The van der Waals surface area contributed by atoms with Crippen LogP contribution in [0.4, 0.5) is 5.69 Å². The molecule has 6 heteroatoms. The molecule has 0 aromatic heterocycles. The Hall–Kier alpha value is -1.75. The molecule has 0 unspecified atom stereocenters. The molecule has 0 saturated heterocycles. The van der Waals surface area contributed by atoms with Crippen molar-refractivity contribution in [1.29, 1.82) is 0 Å². The number of carbonyl (C=O) groups is 2. The van der Waals surface area contributed by atoms with Crippen LogP contribution in [0.15, 0.2) is 18.2 Å². The summed E-state index contributed by atoms with van der Waals surface area (Å²) in [6, 6.07) is 5.42. The van der Waals surface area contributed by atoms with Crippen molar-refractivity contribution in [3.63, 3.8) is 0 Å². The van der Waals surface area contributed by atoms with Gasteiger partial charge in [-0.1, -0.05) is 24.4 Å². The SMILES string of the molecule is COc1ccc(Cl)cc1NC(=O)C1(CC(=O)NC2CC2)CCCC1. The smallest absolute Gasteiger partial charge is 0.231 e. The van der Waals surface area contributed by atoms with Crippen molar-refractivity contribution in [1.82, 2.24) is 5.32 Å². The van der Waals surface area contributed by atoms with Gasteiger partial charge in [-0.25, -0.2) is 0 Å². The van der Waals surface area contributed by atoms with E-state index in [1.807, 2.05) is 0 Å². The summed E-state index contributed by atoms with van der Waals surface area (Å²) in [6.45, 7) is 0. The zero-order valence-electron chi connectivity index (χ0n) is 13.9. The molecule has 3 rings (SSSR count). The van der Waals surface area contributed by atoms with E-state index in [9.17, 15) is 9.59 Å². The molecule has 0 spiro atoms. The number of rotatable bonds is 6. The number of methoxy groups -OCH3 is 1. The second-order valence-electron chi connectivity index (χ2n) is 6.80. The fourth-order valence-corrected chi connectivity index (χ4v) is 3.55. The molecule has 24 heavy (non-hydrogen) atoms. The van der Waals surface area contributed by atoms with Gasteiger partial charge in [-0.3, -0.25) is 9.59 Å². The van der Waals surface area contributed by atoms with E-state index in [1.165, 1.54) is 0 Å². The normalized spacial score (nSPS) is 18.9. The number of benzene rings is 1. The minimum absolute atomic E-state index is 0.0207. The maximum Gasteiger partial charge on any atom is 0.231 e. The highest BCUT2D eigenvalue weighted by atomic mass is 35.5. The summed E-state index contributed by atoms with van der Waals surface area (Å²) in [5.41, 5.74) is -0.0874. The maximum atomic E-state index is 13.0. The largest absolute Gasteiger partial charge is 0.495 e. The van der Waals surface area contributed by atoms with Gasteiger partial charge in [-0.2, -0.15) is 0 Å². The molecule has 0 aliphatic heterocycles. The van der Waals surface area contributed by atoms with Crippen LogP contribution in [-0.2, 0) is 9.59 Å². The molecule has 0 radical (unpaired) electrons. The summed E-state index contributed by atoms with van der Waals surface area (Å²) in [7, 11) is 1.55. The predicted molar refractivity (Wildman–Crippen MR) is 93.3 cm³/mol. The lowest BCUT2D eigenvalue weighted by Gasteiger charge is -2.27. The van der Waals surface area contributed by atoms with E-state index in [1.54, 1.807) is 25.3 Å². The van der Waals surface area contributed by atoms with Gasteiger partial charge in [0.25, 0.3) is 0 Å². The molecule has 2 aliphatic rings. The molecule has 0 bridgehead atoms. The van der Waals surface area contributed by atoms with Gasteiger partial charge in [0.2, 0.25) is 11.8 Å². The molecule has 2 saturated carbocycles. The fraction of sp³-hybridized carbons (Fsp3) is 0.556. The van der Waals surface area contributed by atoms with Crippen LogP contribution in [-0.4, -0.2) is 25.0 Å². The second-order valence-corrected chi connectivity index (χ2v) is 7.24. The van der Waals surface area contributed by atoms with E-state index < -0.39 is 5.41 Å². The van der Waals surface area contributed by atoms with Gasteiger partial charge in [0.15, 0.2) is 0 Å². The number of hydrogen-bond acceptors (Lipinski definition) is 3. The number of amides is 2. The summed E-state index contributed by atoms with van der Waals surface area (Å²) in [4.78, 5) is 25.2. The highest BCUT2D eigenvalue weighted by molar-refractivity contribution is 6.31. The lowest BCUT2D eigenvalue weighted by molar-refractivity contribution is -0.132. The Morgan fingerprint density at radius 2 is 2.00 bits per heavy atom. The van der Waals surface area contributed by atoms with Crippen LogP contribution in [0, 0.1) is 5.41 Å². The van der Waals surface area contributed by atoms with Gasteiger partial charge in [0.1, 0.15) is 5.75 Å². The highest BCUT2D eigenvalue weighted by Gasteiger charge is 2.43. The average molecular weight is 351 g/mol. The first-order valence-electron chi connectivity index (χ1n) is 8.47. The first-order valence-corrected chi connectivity index (χ1v) is 8.84. The molecule has 5 nitrogen and oxygen atoms in total. The number of ether oxygens (including phenoxy) is 1. The zero-order valence-corrected chi connectivity index (χ0v) is 14.6. The van der Waals surface area contributed by atoms with Crippen LogP contribution in [0.1, 0.15) is 44.9 Å².